The lowest BCUT2D eigenvalue weighted by molar-refractivity contribution is -0.165. The lowest BCUT2D eigenvalue weighted by Crippen LogP contribution is -2.21. The van der Waals surface area contributed by atoms with E-state index in [1.54, 1.807) is 0 Å². The van der Waals surface area contributed by atoms with E-state index >= 15 is 0 Å². The first-order valence-corrected chi connectivity index (χ1v) is 7.35. The van der Waals surface area contributed by atoms with Crippen molar-refractivity contribution in [2.45, 2.75) is 12.4 Å². The van der Waals surface area contributed by atoms with Crippen molar-refractivity contribution < 1.29 is 57.1 Å². The second-order valence-electron chi connectivity index (χ2n) is 3.06. The van der Waals surface area contributed by atoms with Gasteiger partial charge in [0.1, 0.15) is 0 Å². The Morgan fingerprint density at radius 1 is 0.950 bits per heavy atom. The summed E-state index contributed by atoms with van der Waals surface area (Å²) in [5, 5.41) is 0. The Balaban J connectivity index is 4.80. The molecular weight excluding hydrogens is 349 g/mol. The minimum absolute atomic E-state index is 1.85. The van der Waals surface area contributed by atoms with Gasteiger partial charge in [-0.3, -0.25) is 18.2 Å². The zero-order valence-electron chi connectivity index (χ0n) is 9.14. The van der Waals surface area contributed by atoms with Crippen molar-refractivity contribution in [3.05, 3.63) is 0 Å². The maximum atomic E-state index is 11.8. The Labute approximate surface area is 108 Å². The fourth-order valence-corrected chi connectivity index (χ4v) is 2.55. The highest BCUT2D eigenvalue weighted by atomic mass is 32.3. The highest BCUT2D eigenvalue weighted by molar-refractivity contribution is 7.81. The highest BCUT2D eigenvalue weighted by Crippen LogP contribution is 2.50. The highest BCUT2D eigenvalue weighted by Gasteiger charge is 2.39. The monoisotopic (exact) mass is 356 g/mol. The number of hydrogen-bond acceptors (Lipinski definition) is 6. The molecule has 0 saturated heterocycles. The molecule has 0 aliphatic rings. The molecule has 0 aromatic carbocycles. The van der Waals surface area contributed by atoms with Crippen LogP contribution < -0.4 is 0 Å². The molecule has 0 fully saturated rings. The number of rotatable bonds is 7. The van der Waals surface area contributed by atoms with E-state index < -0.39 is 49.9 Å². The fourth-order valence-electron chi connectivity index (χ4n) is 0.586. The Morgan fingerprint density at radius 2 is 1.30 bits per heavy atom. The maximum absolute atomic E-state index is 11.8. The Hall–Kier alpha value is -0.400. The summed E-state index contributed by atoms with van der Waals surface area (Å²) in [4.78, 5) is 0. The summed E-state index contributed by atoms with van der Waals surface area (Å²) < 4.78 is 121. The van der Waals surface area contributed by atoms with E-state index in [1.165, 1.54) is 0 Å². The van der Waals surface area contributed by atoms with E-state index in [-0.39, 0.29) is 0 Å². The van der Waals surface area contributed by atoms with Gasteiger partial charge in [0.15, 0.2) is 19.6 Å². The molecule has 0 aromatic heterocycles. The molecule has 0 spiro atoms. The average Bonchev–Trinajstić information content (AvgIpc) is 2.18. The predicted octanol–water partition coefficient (Wildman–Crippen LogP) is 2.11. The van der Waals surface area contributed by atoms with Gasteiger partial charge < -0.3 is 0 Å². The Kier molecular flexibility index (Phi) is 6.44. The fraction of sp³-hybridized carbons (Fsp3) is 1.00. The van der Waals surface area contributed by atoms with Crippen LogP contribution in [0.1, 0.15) is 0 Å². The molecule has 0 radical (unpaired) electrons. The Morgan fingerprint density at radius 3 is 1.55 bits per heavy atom. The van der Waals surface area contributed by atoms with Crippen molar-refractivity contribution >= 4 is 18.0 Å². The lowest BCUT2D eigenvalue weighted by atomic mass is 10.7. The van der Waals surface area contributed by atoms with Gasteiger partial charge in [-0.25, -0.2) is 4.18 Å². The minimum Gasteiger partial charge on any atom is -0.297 e. The van der Waals surface area contributed by atoms with Crippen LogP contribution in [0.4, 0.5) is 26.3 Å². The van der Waals surface area contributed by atoms with Crippen molar-refractivity contribution in [3.63, 3.8) is 0 Å². The van der Waals surface area contributed by atoms with Gasteiger partial charge in [-0.1, -0.05) is 0 Å². The molecule has 1 N–H and O–H groups in total. The minimum atomic E-state index is -5.26. The van der Waals surface area contributed by atoms with E-state index in [2.05, 4.69) is 13.2 Å². The standard InChI is InChI=1S/C5H7F6O7PS/c6-4(7,8)1-16-19(12,3-18-20(13,14)15)17-2-5(9,10)11/h1-3H2,(H,13,14,15). The van der Waals surface area contributed by atoms with Crippen LogP contribution in [0.15, 0.2) is 0 Å². The molecule has 0 aliphatic heterocycles. The average molecular weight is 356 g/mol. The van der Waals surface area contributed by atoms with E-state index in [1.807, 2.05) is 0 Å². The van der Waals surface area contributed by atoms with Crippen molar-refractivity contribution in [1.82, 2.24) is 0 Å². The van der Waals surface area contributed by atoms with Gasteiger partial charge in [0, 0.05) is 0 Å². The molecule has 0 aromatic rings. The SMILES string of the molecule is O=P(COS(=O)(=O)O)(OCC(F)(F)F)OCC(F)(F)F. The zero-order chi connectivity index (χ0) is 16.2. The first-order valence-electron chi connectivity index (χ1n) is 4.25. The summed E-state index contributed by atoms with van der Waals surface area (Å²) in [6.07, 6.45) is -12.0. The first-order chi connectivity index (χ1) is 8.62. The molecule has 0 rings (SSSR count). The molecular formula is C5H7F6O7PS. The third-order valence-electron chi connectivity index (χ3n) is 1.21. The molecule has 20 heavy (non-hydrogen) atoms. The molecule has 0 atom stereocenters. The van der Waals surface area contributed by atoms with Gasteiger partial charge in [0.25, 0.3) is 0 Å². The summed E-state index contributed by atoms with van der Waals surface area (Å²) in [7, 11) is -10.5. The van der Waals surface area contributed by atoms with E-state index in [0.717, 1.165) is 0 Å². The van der Waals surface area contributed by atoms with Crippen molar-refractivity contribution in [1.29, 1.82) is 0 Å². The van der Waals surface area contributed by atoms with Gasteiger partial charge >= 0.3 is 30.3 Å². The van der Waals surface area contributed by atoms with Gasteiger partial charge in [-0.05, 0) is 0 Å². The molecule has 0 amide bonds. The molecule has 7 nitrogen and oxygen atoms in total. The van der Waals surface area contributed by atoms with Gasteiger partial charge in [-0.2, -0.15) is 34.8 Å². The van der Waals surface area contributed by atoms with Crippen LogP contribution in [-0.2, 0) is 28.2 Å². The summed E-state index contributed by atoms with van der Waals surface area (Å²) in [6, 6.07) is 0. The van der Waals surface area contributed by atoms with Gasteiger partial charge in [-0.15, -0.1) is 0 Å². The predicted molar refractivity (Wildman–Crippen MR) is 49.1 cm³/mol. The third kappa shape index (κ3) is 11.4. The topological polar surface area (TPSA) is 99.1 Å². The molecule has 0 heterocycles. The smallest absolute Gasteiger partial charge is 0.297 e. The summed E-state index contributed by atoms with van der Waals surface area (Å²) in [6.45, 7) is -4.53. The van der Waals surface area contributed by atoms with Crippen LogP contribution in [0, 0.1) is 0 Å². The van der Waals surface area contributed by atoms with Gasteiger partial charge in [0.05, 0.1) is 0 Å². The van der Waals surface area contributed by atoms with Crippen molar-refractivity contribution in [3.8, 4) is 0 Å². The largest absolute Gasteiger partial charge is 0.412 e. The number of hydrogen-bond donors (Lipinski definition) is 1. The van der Waals surface area contributed by atoms with Gasteiger partial charge in [0.2, 0.25) is 0 Å². The van der Waals surface area contributed by atoms with Crippen molar-refractivity contribution in [2.75, 3.05) is 19.6 Å². The van der Waals surface area contributed by atoms with Crippen LogP contribution in [0.2, 0.25) is 0 Å². The molecule has 0 saturated carbocycles. The van der Waals surface area contributed by atoms with Crippen LogP contribution in [0.5, 0.6) is 0 Å². The van der Waals surface area contributed by atoms with Crippen LogP contribution >= 0.6 is 7.60 Å². The third-order valence-corrected chi connectivity index (χ3v) is 3.29. The number of alkyl halides is 6. The summed E-state index contributed by atoms with van der Waals surface area (Å²) >= 11 is 0. The molecule has 0 bridgehead atoms. The molecule has 0 unspecified atom stereocenters. The quantitative estimate of drug-likeness (QED) is 0.424. The first kappa shape index (κ1) is 19.6. The van der Waals surface area contributed by atoms with Crippen LogP contribution in [-0.4, -0.2) is 44.9 Å². The maximum Gasteiger partial charge on any atom is 0.412 e. The number of halogens is 6. The van der Waals surface area contributed by atoms with E-state index in [0.29, 0.717) is 0 Å². The molecule has 122 valence electrons. The normalized spacial score (nSPS) is 14.6. The van der Waals surface area contributed by atoms with Crippen molar-refractivity contribution in [2.24, 2.45) is 0 Å². The second-order valence-corrected chi connectivity index (χ2v) is 6.15. The summed E-state index contributed by atoms with van der Waals surface area (Å²) in [5.74, 6) is 0. The van der Waals surface area contributed by atoms with Crippen LogP contribution in [0.25, 0.3) is 0 Å². The molecule has 15 heteroatoms. The van der Waals surface area contributed by atoms with E-state index in [4.69, 9.17) is 4.55 Å². The summed E-state index contributed by atoms with van der Waals surface area (Å²) in [5.41, 5.74) is 0. The Bertz CT molecular complexity index is 433. The van der Waals surface area contributed by atoms with E-state index in [9.17, 15) is 39.3 Å². The second kappa shape index (κ2) is 6.58. The van der Waals surface area contributed by atoms with Crippen LogP contribution in [0.3, 0.4) is 0 Å². The lowest BCUT2D eigenvalue weighted by Gasteiger charge is -2.19. The molecule has 0 aliphatic carbocycles. The zero-order valence-corrected chi connectivity index (χ0v) is 10.9.